The smallest absolute Gasteiger partial charge is 0.119 e. The van der Waals surface area contributed by atoms with E-state index in [1.54, 1.807) is 0 Å². The lowest BCUT2D eigenvalue weighted by Crippen LogP contribution is -2.40. The van der Waals surface area contributed by atoms with Crippen LogP contribution in [0, 0.1) is 0 Å². The molecule has 1 saturated heterocycles. The Morgan fingerprint density at radius 3 is 2.67 bits per heavy atom. The molecule has 1 aromatic rings. The molecule has 1 aromatic carbocycles. The molecule has 0 saturated carbocycles. The van der Waals surface area contributed by atoms with E-state index in [9.17, 15) is 0 Å². The van der Waals surface area contributed by atoms with Crippen molar-refractivity contribution in [3.8, 4) is 5.75 Å². The van der Waals surface area contributed by atoms with Gasteiger partial charge in [0.25, 0.3) is 0 Å². The minimum absolute atomic E-state index is 0.371. The number of ether oxygens (including phenoxy) is 1. The molecule has 1 aliphatic rings. The summed E-state index contributed by atoms with van der Waals surface area (Å²) in [5.41, 5.74) is 1.41. The Morgan fingerprint density at radius 1 is 1.33 bits per heavy atom. The lowest BCUT2D eigenvalue weighted by Gasteiger charge is -2.28. The van der Waals surface area contributed by atoms with E-state index >= 15 is 0 Å². The van der Waals surface area contributed by atoms with E-state index in [-0.39, 0.29) is 0 Å². The minimum atomic E-state index is 0.371. The van der Waals surface area contributed by atoms with Crippen molar-refractivity contribution in [1.29, 1.82) is 0 Å². The van der Waals surface area contributed by atoms with Crippen LogP contribution in [0.3, 0.4) is 0 Å². The van der Waals surface area contributed by atoms with Gasteiger partial charge in [0.05, 0.1) is 0 Å². The highest BCUT2D eigenvalue weighted by molar-refractivity contribution is 5.29. The molecule has 2 nitrogen and oxygen atoms in total. The molecule has 1 N–H and O–H groups in total. The second kappa shape index (κ2) is 6.24. The van der Waals surface area contributed by atoms with Crippen LogP contribution < -0.4 is 10.1 Å². The van der Waals surface area contributed by atoms with E-state index in [4.69, 9.17) is 4.74 Å². The van der Waals surface area contributed by atoms with E-state index in [1.807, 2.05) is 0 Å². The molecule has 100 valence electrons. The molecule has 0 aliphatic carbocycles. The van der Waals surface area contributed by atoms with Crippen molar-refractivity contribution < 1.29 is 4.74 Å². The first kappa shape index (κ1) is 13.4. The van der Waals surface area contributed by atoms with Crippen molar-refractivity contribution in [2.24, 2.45) is 0 Å². The summed E-state index contributed by atoms with van der Waals surface area (Å²) < 4.78 is 6.05. The largest absolute Gasteiger partial charge is 0.490 e. The highest BCUT2D eigenvalue weighted by Crippen LogP contribution is 2.23. The maximum absolute atomic E-state index is 6.05. The number of hydrogen-bond donors (Lipinski definition) is 1. The summed E-state index contributed by atoms with van der Waals surface area (Å²) in [5.74, 6) is 1.65. The Bertz CT molecular complexity index is 360. The normalized spacial score (nSPS) is 25.7. The number of benzene rings is 1. The summed E-state index contributed by atoms with van der Waals surface area (Å²) in [4.78, 5) is 0. The molecule has 3 unspecified atom stereocenters. The number of rotatable bonds is 4. The molecule has 2 rings (SSSR count). The van der Waals surface area contributed by atoms with Crippen molar-refractivity contribution in [2.45, 2.75) is 58.1 Å². The topological polar surface area (TPSA) is 21.3 Å². The van der Waals surface area contributed by atoms with Gasteiger partial charge in [0, 0.05) is 6.04 Å². The van der Waals surface area contributed by atoms with Crippen LogP contribution >= 0.6 is 0 Å². The van der Waals surface area contributed by atoms with Gasteiger partial charge in [-0.3, -0.25) is 0 Å². The highest BCUT2D eigenvalue weighted by atomic mass is 16.5. The lowest BCUT2D eigenvalue weighted by molar-refractivity contribution is 0.144. The lowest BCUT2D eigenvalue weighted by atomic mass is 9.99. The third kappa shape index (κ3) is 3.49. The maximum Gasteiger partial charge on any atom is 0.119 e. The third-order valence-electron chi connectivity index (χ3n) is 3.94. The van der Waals surface area contributed by atoms with Crippen LogP contribution in [0.15, 0.2) is 24.3 Å². The Kier molecular flexibility index (Phi) is 4.65. The van der Waals surface area contributed by atoms with Gasteiger partial charge in [0.2, 0.25) is 0 Å². The van der Waals surface area contributed by atoms with E-state index in [2.05, 4.69) is 50.4 Å². The fourth-order valence-corrected chi connectivity index (χ4v) is 2.50. The average Bonchev–Trinajstić information content (AvgIpc) is 2.39. The van der Waals surface area contributed by atoms with Gasteiger partial charge < -0.3 is 10.1 Å². The van der Waals surface area contributed by atoms with Crippen LogP contribution in [-0.2, 0) is 0 Å². The van der Waals surface area contributed by atoms with Crippen LogP contribution in [-0.4, -0.2) is 18.7 Å². The van der Waals surface area contributed by atoms with E-state index in [0.717, 1.165) is 25.1 Å². The number of piperidine rings is 1. The zero-order valence-corrected chi connectivity index (χ0v) is 11.8. The zero-order valence-electron chi connectivity index (χ0n) is 11.8. The first-order valence-corrected chi connectivity index (χ1v) is 7.19. The predicted octanol–water partition coefficient (Wildman–Crippen LogP) is 3.72. The van der Waals surface area contributed by atoms with Gasteiger partial charge in [-0.25, -0.2) is 0 Å². The molecule has 0 spiro atoms. The fourth-order valence-electron chi connectivity index (χ4n) is 2.50. The average molecular weight is 247 g/mol. The summed E-state index contributed by atoms with van der Waals surface area (Å²) in [6, 6.07) is 9.22. The van der Waals surface area contributed by atoms with Gasteiger partial charge >= 0.3 is 0 Å². The van der Waals surface area contributed by atoms with Crippen LogP contribution in [0.2, 0.25) is 0 Å². The van der Waals surface area contributed by atoms with E-state index in [1.165, 1.54) is 12.0 Å². The van der Waals surface area contributed by atoms with Crippen molar-refractivity contribution in [2.75, 3.05) is 6.54 Å². The minimum Gasteiger partial charge on any atom is -0.490 e. The molecule has 0 bridgehead atoms. The van der Waals surface area contributed by atoms with Gasteiger partial charge in [-0.1, -0.05) is 26.0 Å². The van der Waals surface area contributed by atoms with Crippen molar-refractivity contribution in [1.82, 2.24) is 5.32 Å². The summed E-state index contributed by atoms with van der Waals surface area (Å²) in [7, 11) is 0. The molecular formula is C16H25NO. The predicted molar refractivity (Wildman–Crippen MR) is 76.3 cm³/mol. The van der Waals surface area contributed by atoms with Crippen molar-refractivity contribution in [3.63, 3.8) is 0 Å². The molecule has 1 fully saturated rings. The number of nitrogens with one attached hydrogen (secondary N) is 1. The maximum atomic E-state index is 6.05. The molecule has 18 heavy (non-hydrogen) atoms. The van der Waals surface area contributed by atoms with Gasteiger partial charge in [0.1, 0.15) is 11.9 Å². The van der Waals surface area contributed by atoms with Crippen molar-refractivity contribution >= 4 is 0 Å². The second-order valence-corrected chi connectivity index (χ2v) is 5.50. The van der Waals surface area contributed by atoms with Crippen LogP contribution in [0.25, 0.3) is 0 Å². The standard InChI is InChI=1S/C16H25NO/c1-4-12(2)14-5-7-15(8-6-14)18-16-9-10-17-13(3)11-16/h5-8,12-13,16-17H,4,9-11H2,1-3H3. The van der Waals surface area contributed by atoms with E-state index in [0.29, 0.717) is 18.1 Å². The first-order valence-electron chi connectivity index (χ1n) is 7.19. The van der Waals surface area contributed by atoms with Gasteiger partial charge in [-0.2, -0.15) is 0 Å². The van der Waals surface area contributed by atoms with Crippen LogP contribution in [0.5, 0.6) is 5.75 Å². The highest BCUT2D eigenvalue weighted by Gasteiger charge is 2.19. The van der Waals surface area contributed by atoms with E-state index < -0.39 is 0 Å². The molecule has 0 amide bonds. The van der Waals surface area contributed by atoms with Crippen LogP contribution in [0.1, 0.15) is 51.5 Å². The van der Waals surface area contributed by atoms with Crippen LogP contribution in [0.4, 0.5) is 0 Å². The fraction of sp³-hybridized carbons (Fsp3) is 0.625. The Labute approximate surface area is 111 Å². The number of hydrogen-bond acceptors (Lipinski definition) is 2. The van der Waals surface area contributed by atoms with Gasteiger partial charge in [-0.15, -0.1) is 0 Å². The third-order valence-corrected chi connectivity index (χ3v) is 3.94. The SMILES string of the molecule is CCC(C)c1ccc(OC2CCNC(C)C2)cc1. The van der Waals surface area contributed by atoms with Gasteiger partial charge in [0.15, 0.2) is 0 Å². The monoisotopic (exact) mass is 247 g/mol. The Morgan fingerprint density at radius 2 is 2.06 bits per heavy atom. The quantitative estimate of drug-likeness (QED) is 0.875. The molecule has 1 heterocycles. The second-order valence-electron chi connectivity index (χ2n) is 5.50. The Hall–Kier alpha value is -1.02. The summed E-state index contributed by atoms with van der Waals surface area (Å²) in [6.07, 6.45) is 3.77. The Balaban J connectivity index is 1.93. The first-order chi connectivity index (χ1) is 8.69. The molecule has 3 atom stereocenters. The molecule has 1 aliphatic heterocycles. The summed E-state index contributed by atoms with van der Waals surface area (Å²) >= 11 is 0. The molecule has 2 heteroatoms. The molecular weight excluding hydrogens is 222 g/mol. The summed E-state index contributed by atoms with van der Waals surface area (Å²) in [5, 5.41) is 3.45. The van der Waals surface area contributed by atoms with Gasteiger partial charge in [-0.05, 0) is 56.3 Å². The zero-order chi connectivity index (χ0) is 13.0. The molecule has 0 aromatic heterocycles. The molecule has 0 radical (unpaired) electrons. The van der Waals surface area contributed by atoms with Crippen molar-refractivity contribution in [3.05, 3.63) is 29.8 Å². The summed E-state index contributed by atoms with van der Waals surface area (Å²) in [6.45, 7) is 7.79.